The van der Waals surface area contributed by atoms with Crippen molar-refractivity contribution >= 4 is 21.9 Å². The molecule has 3 rings (SSSR count). The largest absolute Gasteiger partial charge is 0.478 e. The van der Waals surface area contributed by atoms with Gasteiger partial charge >= 0.3 is 5.97 Å². The summed E-state index contributed by atoms with van der Waals surface area (Å²) in [4.78, 5) is 15.8. The highest BCUT2D eigenvalue weighted by Crippen LogP contribution is 2.38. The lowest BCUT2D eigenvalue weighted by Crippen LogP contribution is -2.07. The van der Waals surface area contributed by atoms with Crippen molar-refractivity contribution in [1.29, 1.82) is 0 Å². The summed E-state index contributed by atoms with van der Waals surface area (Å²) in [5.41, 5.74) is 3.46. The van der Waals surface area contributed by atoms with Crippen molar-refractivity contribution in [2.45, 2.75) is 18.8 Å². The van der Waals surface area contributed by atoms with Crippen molar-refractivity contribution < 1.29 is 9.90 Å². The molecule has 1 heterocycles. The average Bonchev–Trinajstić information content (AvgIpc) is 2.82. The van der Waals surface area contributed by atoms with Gasteiger partial charge in [0.25, 0.3) is 0 Å². The molecule has 1 unspecified atom stereocenters. The van der Waals surface area contributed by atoms with Gasteiger partial charge in [0.05, 0.1) is 11.3 Å². The van der Waals surface area contributed by atoms with Crippen molar-refractivity contribution in [3.05, 3.63) is 63.4 Å². The molecule has 0 saturated carbocycles. The lowest BCUT2D eigenvalue weighted by Gasteiger charge is -2.14. The quantitative estimate of drug-likeness (QED) is 0.920. The van der Waals surface area contributed by atoms with Crippen LogP contribution in [0.15, 0.2) is 41.0 Å². The van der Waals surface area contributed by atoms with Crippen molar-refractivity contribution in [1.82, 2.24) is 4.98 Å². The van der Waals surface area contributed by atoms with Gasteiger partial charge < -0.3 is 5.11 Å². The second kappa shape index (κ2) is 4.78. The Balaban J connectivity index is 2.12. The second-order valence-electron chi connectivity index (χ2n) is 4.68. The van der Waals surface area contributed by atoms with Crippen LogP contribution in [0.1, 0.15) is 39.5 Å². The number of benzene rings is 1. The minimum atomic E-state index is -0.888. The number of halogens is 1. The van der Waals surface area contributed by atoms with E-state index in [1.54, 1.807) is 12.3 Å². The Bertz CT molecular complexity index is 654. The van der Waals surface area contributed by atoms with Gasteiger partial charge in [0.15, 0.2) is 0 Å². The fourth-order valence-corrected chi connectivity index (χ4v) is 3.09. The zero-order chi connectivity index (χ0) is 13.4. The maximum atomic E-state index is 11.4. The number of aromatic carboxylic acids is 1. The van der Waals surface area contributed by atoms with Crippen LogP contribution < -0.4 is 0 Å². The molecule has 1 aromatic heterocycles. The Kier molecular flexibility index (Phi) is 3.11. The molecule has 1 aliphatic rings. The van der Waals surface area contributed by atoms with Crippen LogP contribution in [0.5, 0.6) is 0 Å². The number of hydrogen-bond acceptors (Lipinski definition) is 2. The Morgan fingerprint density at radius 1 is 1.37 bits per heavy atom. The summed E-state index contributed by atoms with van der Waals surface area (Å²) in [6, 6.07) is 9.45. The third-order valence-corrected chi connectivity index (χ3v) is 4.07. The lowest BCUT2D eigenvalue weighted by atomic mass is 9.92. The van der Waals surface area contributed by atoms with Gasteiger partial charge in [-0.3, -0.25) is 4.98 Å². The first-order valence-corrected chi connectivity index (χ1v) is 6.92. The smallest absolute Gasteiger partial charge is 0.336 e. The molecule has 0 aliphatic heterocycles. The molecular weight excluding hydrogens is 306 g/mol. The van der Waals surface area contributed by atoms with E-state index in [0.29, 0.717) is 5.56 Å². The number of rotatable bonds is 2. The van der Waals surface area contributed by atoms with Crippen LogP contribution in [0.2, 0.25) is 0 Å². The number of aryl methyl sites for hydroxylation is 1. The Morgan fingerprint density at radius 3 is 3.00 bits per heavy atom. The van der Waals surface area contributed by atoms with Gasteiger partial charge in [-0.1, -0.05) is 28.1 Å². The molecule has 1 aliphatic carbocycles. The van der Waals surface area contributed by atoms with Gasteiger partial charge in [-0.15, -0.1) is 0 Å². The summed E-state index contributed by atoms with van der Waals surface area (Å²) in [5.74, 6) is -0.795. The van der Waals surface area contributed by atoms with E-state index in [2.05, 4.69) is 27.0 Å². The number of hydrogen-bond donors (Lipinski definition) is 1. The Hall–Kier alpha value is -1.68. The van der Waals surface area contributed by atoms with Gasteiger partial charge in [-0.25, -0.2) is 4.79 Å². The van der Waals surface area contributed by atoms with Gasteiger partial charge in [-0.05, 0) is 42.2 Å². The molecule has 4 heteroatoms. The first kappa shape index (κ1) is 12.4. The lowest BCUT2D eigenvalue weighted by molar-refractivity contribution is 0.0695. The van der Waals surface area contributed by atoms with Crippen LogP contribution in [-0.4, -0.2) is 16.1 Å². The monoisotopic (exact) mass is 317 g/mol. The third-order valence-electron chi connectivity index (χ3n) is 3.58. The molecule has 0 fully saturated rings. The number of aromatic nitrogens is 1. The highest BCUT2D eigenvalue weighted by molar-refractivity contribution is 9.10. The number of fused-ring (bicyclic) bond motifs is 1. The molecule has 19 heavy (non-hydrogen) atoms. The Morgan fingerprint density at radius 2 is 2.21 bits per heavy atom. The standard InChI is InChI=1S/C15H12BrNO2/c16-10-4-6-11(13(8-10)15(18)19)12-5-3-9-2-1-7-17-14(9)12/h1-2,4,6-8,12H,3,5H2,(H,18,19). The summed E-state index contributed by atoms with van der Waals surface area (Å²) >= 11 is 3.33. The molecule has 0 saturated heterocycles. The highest BCUT2D eigenvalue weighted by atomic mass is 79.9. The van der Waals surface area contributed by atoms with Crippen LogP contribution in [0, 0.1) is 0 Å². The van der Waals surface area contributed by atoms with E-state index in [0.717, 1.165) is 28.6 Å². The van der Waals surface area contributed by atoms with Crippen LogP contribution in [0.3, 0.4) is 0 Å². The number of carbonyl (C=O) groups is 1. The first-order valence-electron chi connectivity index (χ1n) is 6.13. The van der Waals surface area contributed by atoms with E-state index >= 15 is 0 Å². The van der Waals surface area contributed by atoms with Crippen molar-refractivity contribution in [2.75, 3.05) is 0 Å². The van der Waals surface area contributed by atoms with Crippen molar-refractivity contribution in [2.24, 2.45) is 0 Å². The van der Waals surface area contributed by atoms with E-state index in [1.165, 1.54) is 5.56 Å². The molecule has 0 amide bonds. The van der Waals surface area contributed by atoms with Gasteiger partial charge in [0, 0.05) is 16.6 Å². The van der Waals surface area contributed by atoms with E-state index in [4.69, 9.17) is 0 Å². The predicted octanol–water partition coefficient (Wildman–Crippen LogP) is 3.62. The van der Waals surface area contributed by atoms with Crippen LogP contribution in [0.25, 0.3) is 0 Å². The maximum absolute atomic E-state index is 11.4. The number of carboxylic acids is 1. The second-order valence-corrected chi connectivity index (χ2v) is 5.59. The van der Waals surface area contributed by atoms with Crippen molar-refractivity contribution in [3.8, 4) is 0 Å². The number of pyridine rings is 1. The molecule has 0 radical (unpaired) electrons. The summed E-state index contributed by atoms with van der Waals surface area (Å²) in [6.07, 6.45) is 3.66. The predicted molar refractivity (Wildman–Crippen MR) is 75.5 cm³/mol. The molecule has 3 nitrogen and oxygen atoms in total. The fourth-order valence-electron chi connectivity index (χ4n) is 2.73. The molecule has 0 bridgehead atoms. The van der Waals surface area contributed by atoms with E-state index in [1.807, 2.05) is 18.2 Å². The topological polar surface area (TPSA) is 50.2 Å². The van der Waals surface area contributed by atoms with Gasteiger partial charge in [-0.2, -0.15) is 0 Å². The molecule has 2 aromatic rings. The summed E-state index contributed by atoms with van der Waals surface area (Å²) in [7, 11) is 0. The molecule has 1 atom stereocenters. The Labute approximate surface area is 119 Å². The number of nitrogens with zero attached hydrogens (tertiary/aromatic N) is 1. The highest BCUT2D eigenvalue weighted by Gasteiger charge is 2.28. The zero-order valence-electron chi connectivity index (χ0n) is 10.1. The minimum Gasteiger partial charge on any atom is -0.478 e. The molecular formula is C15H12BrNO2. The van der Waals surface area contributed by atoms with E-state index in [9.17, 15) is 9.90 Å². The first-order chi connectivity index (χ1) is 9.16. The van der Waals surface area contributed by atoms with Gasteiger partial charge in [0.2, 0.25) is 0 Å². The normalized spacial score (nSPS) is 17.2. The maximum Gasteiger partial charge on any atom is 0.336 e. The number of carboxylic acid groups (broad SMARTS) is 1. The molecule has 1 N–H and O–H groups in total. The fraction of sp³-hybridized carbons (Fsp3) is 0.200. The van der Waals surface area contributed by atoms with E-state index < -0.39 is 5.97 Å². The van der Waals surface area contributed by atoms with Crippen LogP contribution in [0.4, 0.5) is 0 Å². The summed E-state index contributed by atoms with van der Waals surface area (Å²) in [5, 5.41) is 9.36. The summed E-state index contributed by atoms with van der Waals surface area (Å²) < 4.78 is 0.785. The minimum absolute atomic E-state index is 0.0930. The van der Waals surface area contributed by atoms with Crippen LogP contribution >= 0.6 is 15.9 Å². The van der Waals surface area contributed by atoms with Crippen molar-refractivity contribution in [3.63, 3.8) is 0 Å². The molecule has 96 valence electrons. The average molecular weight is 318 g/mol. The van der Waals surface area contributed by atoms with Crippen LogP contribution in [-0.2, 0) is 6.42 Å². The molecule has 0 spiro atoms. The SMILES string of the molecule is O=C(O)c1cc(Br)ccc1C1CCc2cccnc21. The zero-order valence-corrected chi connectivity index (χ0v) is 11.7. The van der Waals surface area contributed by atoms with Gasteiger partial charge in [0.1, 0.15) is 0 Å². The molecule has 1 aromatic carbocycles. The van der Waals surface area contributed by atoms with E-state index in [-0.39, 0.29) is 5.92 Å². The summed E-state index contributed by atoms with van der Waals surface area (Å²) in [6.45, 7) is 0. The third kappa shape index (κ3) is 2.16.